The van der Waals surface area contributed by atoms with Crippen LogP contribution in [0.25, 0.3) is 32.8 Å². The molecule has 1 aliphatic carbocycles. The second-order valence-electron chi connectivity index (χ2n) is 13.5. The van der Waals surface area contributed by atoms with Crippen molar-refractivity contribution in [2.75, 3.05) is 44.2 Å². The lowest BCUT2D eigenvalue weighted by molar-refractivity contribution is 0.113. The van der Waals surface area contributed by atoms with E-state index in [0.29, 0.717) is 30.8 Å². The Morgan fingerprint density at radius 2 is 1.79 bits per heavy atom. The maximum Gasteiger partial charge on any atom is 0.319 e. The number of aromatic hydroxyl groups is 1. The Morgan fingerprint density at radius 3 is 2.47 bits per heavy atom. The molecule has 1 aromatic heterocycles. The Hall–Kier alpha value is -4.18. The predicted octanol–water partition coefficient (Wildman–Crippen LogP) is 4.67. The first kappa shape index (κ1) is 30.2. The fourth-order valence-electron chi connectivity index (χ4n) is 7.61. The molecular weight excluding hydrogens is 614 g/mol. The van der Waals surface area contributed by atoms with Gasteiger partial charge in [-0.15, -0.1) is 6.42 Å². The van der Waals surface area contributed by atoms with E-state index in [1.54, 1.807) is 0 Å². The molecule has 8 rings (SSSR count). The number of benzene rings is 3. The van der Waals surface area contributed by atoms with Gasteiger partial charge < -0.3 is 25.2 Å². The number of halogens is 4. The van der Waals surface area contributed by atoms with Gasteiger partial charge >= 0.3 is 6.01 Å². The third-order valence-corrected chi connectivity index (χ3v) is 10.1. The molecule has 47 heavy (non-hydrogen) atoms. The minimum atomic E-state index is -1.29. The monoisotopic (exact) mass is 647 g/mol. The molecule has 4 aromatic rings. The number of phenols is 1. The number of aromatic nitrogens is 2. The molecule has 244 valence electrons. The number of β-amino-alcohol motifs (C(OH)–C–C–N with tert-alkyl or cyclic N) is 1. The van der Waals surface area contributed by atoms with E-state index in [1.165, 1.54) is 18.2 Å². The van der Waals surface area contributed by atoms with Crippen molar-refractivity contribution in [1.82, 2.24) is 20.2 Å². The Bertz CT molecular complexity index is 1940. The maximum atomic E-state index is 16.8. The summed E-state index contributed by atoms with van der Waals surface area (Å²) in [7, 11) is 0. The van der Waals surface area contributed by atoms with Crippen LogP contribution in [0.2, 0.25) is 0 Å². The molecule has 3 saturated heterocycles. The molecule has 12 heteroatoms. The van der Waals surface area contributed by atoms with Crippen molar-refractivity contribution < 1.29 is 32.5 Å². The standard InChI is InChI=1S/C35H33F4N5O3/c1-2-22-25(36)6-3-18-9-21(45)10-23(29(18)22)30-26(37)11-24-32(31(30)39)41-34(42-33(24)44-12-19-4-5-20(13-44)40-19)47-17-35(7-8-35)16-43-14-27(38)28(46)15-43/h1,3,6,9-11,19-20,27-28,40,45-46H,4-5,7-8,12-17H2/t19?,20?,27-,28-/m0/s1. The molecule has 3 N–H and O–H groups in total. The van der Waals surface area contributed by atoms with Gasteiger partial charge in [-0.3, -0.25) is 4.90 Å². The van der Waals surface area contributed by atoms with Crippen LogP contribution in [-0.2, 0) is 0 Å². The van der Waals surface area contributed by atoms with Crippen LogP contribution in [-0.4, -0.2) is 88.8 Å². The minimum absolute atomic E-state index is 0.0814. The topological polar surface area (TPSA) is 94.0 Å². The quantitative estimate of drug-likeness (QED) is 0.197. The van der Waals surface area contributed by atoms with E-state index in [-0.39, 0.29) is 76.4 Å². The van der Waals surface area contributed by atoms with Crippen LogP contribution in [0, 0.1) is 35.2 Å². The smallest absolute Gasteiger partial charge is 0.319 e. The second kappa shape index (κ2) is 11.2. The van der Waals surface area contributed by atoms with Gasteiger partial charge in [0.25, 0.3) is 0 Å². The van der Waals surface area contributed by atoms with Crippen LogP contribution in [0.1, 0.15) is 31.2 Å². The van der Waals surface area contributed by atoms with E-state index in [9.17, 15) is 19.0 Å². The highest BCUT2D eigenvalue weighted by atomic mass is 19.1. The molecule has 3 aliphatic heterocycles. The van der Waals surface area contributed by atoms with Crippen molar-refractivity contribution in [3.63, 3.8) is 0 Å². The number of alkyl halides is 1. The summed E-state index contributed by atoms with van der Waals surface area (Å²) in [6.45, 7) is 2.31. The number of phenolic OH excluding ortho intramolecular Hbond substituents is 1. The lowest BCUT2D eigenvalue weighted by Crippen LogP contribution is -2.51. The summed E-state index contributed by atoms with van der Waals surface area (Å²) in [4.78, 5) is 13.0. The molecule has 0 radical (unpaired) electrons. The lowest BCUT2D eigenvalue weighted by Gasteiger charge is -2.34. The molecule has 8 nitrogen and oxygen atoms in total. The van der Waals surface area contributed by atoms with Gasteiger partial charge in [0.05, 0.1) is 23.8 Å². The van der Waals surface area contributed by atoms with Crippen LogP contribution < -0.4 is 15.0 Å². The van der Waals surface area contributed by atoms with Gasteiger partial charge in [0.1, 0.15) is 34.9 Å². The molecule has 0 amide bonds. The number of fused-ring (bicyclic) bond motifs is 4. The Labute approximate surface area is 268 Å². The Morgan fingerprint density at radius 1 is 1.02 bits per heavy atom. The van der Waals surface area contributed by atoms with E-state index >= 15 is 8.78 Å². The van der Waals surface area contributed by atoms with Gasteiger partial charge in [-0.05, 0) is 55.3 Å². The van der Waals surface area contributed by atoms with Crippen molar-refractivity contribution in [3.05, 3.63) is 53.3 Å². The molecule has 2 bridgehead atoms. The normalized spacial score (nSPS) is 25.1. The number of nitrogens with one attached hydrogen (secondary N) is 1. The van der Waals surface area contributed by atoms with Gasteiger partial charge in [-0.25, -0.2) is 17.6 Å². The third kappa shape index (κ3) is 5.30. The zero-order chi connectivity index (χ0) is 32.6. The van der Waals surface area contributed by atoms with Crippen LogP contribution in [0.5, 0.6) is 11.8 Å². The van der Waals surface area contributed by atoms with Crippen molar-refractivity contribution >= 4 is 27.5 Å². The number of aliphatic hydroxyl groups is 1. The fourth-order valence-corrected chi connectivity index (χ4v) is 7.61. The number of piperazine rings is 1. The first-order chi connectivity index (χ1) is 22.6. The molecule has 2 unspecified atom stereocenters. The Kier molecular flexibility index (Phi) is 7.20. The van der Waals surface area contributed by atoms with Crippen LogP contribution in [0.4, 0.5) is 23.4 Å². The highest BCUT2D eigenvalue weighted by Gasteiger charge is 2.47. The van der Waals surface area contributed by atoms with Gasteiger partial charge in [-0.1, -0.05) is 12.0 Å². The van der Waals surface area contributed by atoms with Gasteiger partial charge in [0.2, 0.25) is 0 Å². The van der Waals surface area contributed by atoms with Crippen molar-refractivity contribution in [2.45, 2.75) is 50.0 Å². The van der Waals surface area contributed by atoms with E-state index in [2.05, 4.69) is 16.2 Å². The first-order valence-electron chi connectivity index (χ1n) is 15.9. The van der Waals surface area contributed by atoms with Gasteiger partial charge in [0.15, 0.2) is 5.82 Å². The van der Waals surface area contributed by atoms with E-state index in [4.69, 9.17) is 16.1 Å². The Balaban J connectivity index is 1.23. The lowest BCUT2D eigenvalue weighted by atomic mass is 9.92. The average Bonchev–Trinajstić information content (AvgIpc) is 3.62. The van der Waals surface area contributed by atoms with E-state index < -0.39 is 35.3 Å². The number of hydrogen-bond acceptors (Lipinski definition) is 8. The molecule has 0 spiro atoms. The molecule has 3 aromatic carbocycles. The summed E-state index contributed by atoms with van der Waals surface area (Å²) >= 11 is 0. The number of aliphatic hydroxyl groups excluding tert-OH is 1. The number of likely N-dealkylation sites (tertiary alicyclic amines) is 1. The summed E-state index contributed by atoms with van der Waals surface area (Å²) in [6.07, 6.45) is 6.96. The number of ether oxygens (including phenoxy) is 1. The SMILES string of the molecule is C#Cc1c(F)ccc2cc(O)cc(-c3c(F)cc4c(N5CC6CCC(C5)N6)nc(OCC5(CN6C[C@H](O)[C@@H](F)C6)CC5)nc4c3F)c12. The van der Waals surface area contributed by atoms with Crippen molar-refractivity contribution in [1.29, 1.82) is 0 Å². The largest absolute Gasteiger partial charge is 0.508 e. The van der Waals surface area contributed by atoms with Crippen LogP contribution in [0.3, 0.4) is 0 Å². The van der Waals surface area contributed by atoms with Crippen molar-refractivity contribution in [2.24, 2.45) is 5.41 Å². The summed E-state index contributed by atoms with van der Waals surface area (Å²) in [5, 5.41) is 24.5. The summed E-state index contributed by atoms with van der Waals surface area (Å²) < 4.78 is 68.0. The number of terminal acetylenes is 1. The summed E-state index contributed by atoms with van der Waals surface area (Å²) in [6, 6.07) is 6.56. The number of nitrogens with zero attached hydrogens (tertiary/aromatic N) is 4. The number of anilines is 1. The molecule has 1 saturated carbocycles. The molecule has 4 aliphatic rings. The highest BCUT2D eigenvalue weighted by molar-refractivity contribution is 6.04. The van der Waals surface area contributed by atoms with Crippen molar-refractivity contribution in [3.8, 4) is 35.2 Å². The predicted molar refractivity (Wildman–Crippen MR) is 169 cm³/mol. The highest BCUT2D eigenvalue weighted by Crippen LogP contribution is 2.47. The number of rotatable bonds is 7. The van der Waals surface area contributed by atoms with E-state index in [0.717, 1.165) is 37.8 Å². The zero-order valence-corrected chi connectivity index (χ0v) is 25.4. The zero-order valence-electron chi connectivity index (χ0n) is 25.4. The van der Waals surface area contributed by atoms with Crippen LogP contribution >= 0.6 is 0 Å². The fraction of sp³-hybridized carbons (Fsp3) is 0.429. The molecular formula is C35H33F4N5O3. The third-order valence-electron chi connectivity index (χ3n) is 10.1. The van der Waals surface area contributed by atoms with Crippen LogP contribution in [0.15, 0.2) is 30.3 Å². The molecule has 4 atom stereocenters. The molecule has 4 heterocycles. The van der Waals surface area contributed by atoms with Gasteiger partial charge in [-0.2, -0.15) is 9.97 Å². The summed E-state index contributed by atoms with van der Waals surface area (Å²) in [5.74, 6) is -0.340. The minimum Gasteiger partial charge on any atom is -0.508 e. The maximum absolute atomic E-state index is 16.8. The number of hydrogen-bond donors (Lipinski definition) is 3. The van der Waals surface area contributed by atoms with Gasteiger partial charge in [0, 0.05) is 66.6 Å². The molecule has 4 fully saturated rings. The van der Waals surface area contributed by atoms with E-state index in [1.807, 2.05) is 9.80 Å². The second-order valence-corrected chi connectivity index (χ2v) is 13.5. The summed E-state index contributed by atoms with van der Waals surface area (Å²) in [5.41, 5.74) is -1.26. The first-order valence-corrected chi connectivity index (χ1v) is 15.9. The average molecular weight is 648 g/mol.